The molecule has 1 aromatic rings. The van der Waals surface area contributed by atoms with Crippen molar-refractivity contribution >= 4 is 31.9 Å². The van der Waals surface area contributed by atoms with Crippen molar-refractivity contribution in [1.82, 2.24) is 20.4 Å². The molecule has 228 valence electrons. The van der Waals surface area contributed by atoms with Gasteiger partial charge < -0.3 is 29.9 Å². The molecule has 2 N–H and O–H groups in total. The second kappa shape index (κ2) is 13.7. The summed E-state index contributed by atoms with van der Waals surface area (Å²) in [5.41, 5.74) is 0.292. The predicted molar refractivity (Wildman–Crippen MR) is 161 cm³/mol. The summed E-state index contributed by atoms with van der Waals surface area (Å²) < 4.78 is 11.5. The zero-order valence-electron chi connectivity index (χ0n) is 25.7. The molecule has 1 fully saturated rings. The van der Waals surface area contributed by atoms with Crippen LogP contribution in [0.5, 0.6) is 5.75 Å². The van der Waals surface area contributed by atoms with Crippen LogP contribution in [0.3, 0.4) is 0 Å². The first-order chi connectivity index (χ1) is 19.1. The molecule has 0 aromatic heterocycles. The summed E-state index contributed by atoms with van der Waals surface area (Å²) in [6.45, 7) is 13.9. The summed E-state index contributed by atoms with van der Waals surface area (Å²) in [6.07, 6.45) is 1.20. The van der Waals surface area contributed by atoms with Crippen LogP contribution < -0.4 is 15.4 Å². The number of fused-ring (bicyclic) bond motifs is 3. The van der Waals surface area contributed by atoms with E-state index in [0.29, 0.717) is 50.3 Å². The van der Waals surface area contributed by atoms with E-state index in [4.69, 9.17) is 9.47 Å². The molecule has 2 aliphatic heterocycles. The highest BCUT2D eigenvalue weighted by Crippen LogP contribution is 2.24. The quantitative estimate of drug-likeness (QED) is 0.487. The van der Waals surface area contributed by atoms with E-state index in [1.165, 1.54) is 0 Å². The van der Waals surface area contributed by atoms with Gasteiger partial charge in [0, 0.05) is 40.2 Å². The van der Waals surface area contributed by atoms with Crippen LogP contribution in [-0.4, -0.2) is 93.2 Å². The van der Waals surface area contributed by atoms with Crippen molar-refractivity contribution in [3.63, 3.8) is 0 Å². The van der Waals surface area contributed by atoms with E-state index in [1.54, 1.807) is 41.1 Å². The third-order valence-electron chi connectivity index (χ3n) is 7.29. The molecular formula is C30H48N4O6Si. The molecular weight excluding hydrogens is 540 g/mol. The molecule has 2 bridgehead atoms. The lowest BCUT2D eigenvalue weighted by atomic mass is 9.91. The van der Waals surface area contributed by atoms with Crippen molar-refractivity contribution in [1.29, 1.82) is 0 Å². The molecule has 1 saturated heterocycles. The Kier molecular flexibility index (Phi) is 10.9. The first-order valence-corrected chi connectivity index (χ1v) is 18.3. The van der Waals surface area contributed by atoms with Crippen LogP contribution in [-0.2, 0) is 14.3 Å². The summed E-state index contributed by atoms with van der Waals surface area (Å²) in [4.78, 5) is 55.8. The number of carbonyl (C=O) groups excluding carboxylic acids is 4. The molecule has 11 heteroatoms. The highest BCUT2D eigenvalue weighted by atomic mass is 28.3. The molecule has 10 nitrogen and oxygen atoms in total. The van der Waals surface area contributed by atoms with Crippen LogP contribution in [0.2, 0.25) is 25.7 Å². The van der Waals surface area contributed by atoms with Gasteiger partial charge in [0.15, 0.2) is 0 Å². The number of alkyl carbamates (subject to hydrolysis) is 1. The van der Waals surface area contributed by atoms with Gasteiger partial charge in [-0.25, -0.2) is 4.79 Å². The van der Waals surface area contributed by atoms with E-state index >= 15 is 0 Å². The Morgan fingerprint density at radius 3 is 2.56 bits per heavy atom. The molecule has 0 radical (unpaired) electrons. The molecule has 0 unspecified atom stereocenters. The minimum Gasteiger partial charge on any atom is -0.491 e. The summed E-state index contributed by atoms with van der Waals surface area (Å²) >= 11 is 0. The number of nitrogens with one attached hydrogen (secondary N) is 2. The monoisotopic (exact) mass is 588 g/mol. The second-order valence-electron chi connectivity index (χ2n) is 13.7. The van der Waals surface area contributed by atoms with Crippen molar-refractivity contribution < 1.29 is 28.7 Å². The van der Waals surface area contributed by atoms with E-state index in [0.717, 1.165) is 6.04 Å². The lowest BCUT2D eigenvalue weighted by molar-refractivity contribution is -0.138. The van der Waals surface area contributed by atoms with Gasteiger partial charge >= 0.3 is 6.09 Å². The number of amides is 4. The third-order valence-corrected chi connectivity index (χ3v) is 8.99. The van der Waals surface area contributed by atoms with Gasteiger partial charge in [-0.05, 0) is 48.9 Å². The zero-order chi connectivity index (χ0) is 30.4. The van der Waals surface area contributed by atoms with E-state index < -0.39 is 20.2 Å². The van der Waals surface area contributed by atoms with Gasteiger partial charge in [0.2, 0.25) is 11.8 Å². The largest absolute Gasteiger partial charge is 0.491 e. The maximum absolute atomic E-state index is 14.0. The number of nitrogens with zero attached hydrogens (tertiary/aromatic N) is 2. The number of hydrogen-bond acceptors (Lipinski definition) is 6. The number of rotatable bonds is 6. The maximum Gasteiger partial charge on any atom is 0.407 e. The van der Waals surface area contributed by atoms with Crippen LogP contribution in [0.4, 0.5) is 4.79 Å². The van der Waals surface area contributed by atoms with E-state index in [1.807, 2.05) is 20.8 Å². The maximum atomic E-state index is 14.0. The summed E-state index contributed by atoms with van der Waals surface area (Å²) in [7, 11) is 0.386. The molecule has 2 aliphatic rings. The van der Waals surface area contributed by atoms with Gasteiger partial charge in [0.1, 0.15) is 18.4 Å². The van der Waals surface area contributed by atoms with Crippen LogP contribution >= 0.6 is 0 Å². The number of hydrogen-bond donors (Lipinski definition) is 2. The molecule has 41 heavy (non-hydrogen) atoms. The Bertz CT molecular complexity index is 1100. The molecule has 0 aliphatic carbocycles. The van der Waals surface area contributed by atoms with Crippen molar-refractivity contribution in [3.05, 3.63) is 29.8 Å². The van der Waals surface area contributed by atoms with E-state index in [-0.39, 0.29) is 48.2 Å². The predicted octanol–water partition coefficient (Wildman–Crippen LogP) is 3.89. The van der Waals surface area contributed by atoms with Crippen LogP contribution in [0.1, 0.15) is 56.8 Å². The van der Waals surface area contributed by atoms with Crippen molar-refractivity contribution in [3.8, 4) is 5.75 Å². The zero-order valence-corrected chi connectivity index (χ0v) is 26.7. The van der Waals surface area contributed by atoms with Crippen molar-refractivity contribution in [2.75, 3.05) is 33.4 Å². The first-order valence-electron chi connectivity index (χ1n) is 14.6. The van der Waals surface area contributed by atoms with Crippen molar-refractivity contribution in [2.45, 2.75) is 90.3 Å². The fourth-order valence-electron chi connectivity index (χ4n) is 5.06. The summed E-state index contributed by atoms with van der Waals surface area (Å²) in [5, 5.41) is 5.89. The highest BCUT2D eigenvalue weighted by molar-refractivity contribution is 6.76. The van der Waals surface area contributed by atoms with Gasteiger partial charge in [-0.1, -0.05) is 46.5 Å². The number of benzene rings is 1. The van der Waals surface area contributed by atoms with Gasteiger partial charge in [-0.2, -0.15) is 0 Å². The fraction of sp³-hybridized carbons (Fsp3) is 0.667. The smallest absolute Gasteiger partial charge is 0.407 e. The van der Waals surface area contributed by atoms with Gasteiger partial charge in [-0.3, -0.25) is 14.4 Å². The van der Waals surface area contributed by atoms with E-state index in [2.05, 4.69) is 30.3 Å². The molecule has 3 atom stereocenters. The fourth-order valence-corrected chi connectivity index (χ4v) is 5.77. The minimum atomic E-state index is -1.34. The normalized spacial score (nSPS) is 22.4. The third kappa shape index (κ3) is 10.4. The Labute approximate surface area is 245 Å². The summed E-state index contributed by atoms with van der Waals surface area (Å²) in [5.74, 6) is -0.00136. The van der Waals surface area contributed by atoms with Gasteiger partial charge in [0.25, 0.3) is 5.91 Å². The average Bonchev–Trinajstić information content (AvgIpc) is 3.26. The Morgan fingerprint density at radius 1 is 1.15 bits per heavy atom. The first kappa shape index (κ1) is 32.4. The number of ether oxygens (including phenoxy) is 2. The Hall–Kier alpha value is -3.08. The van der Waals surface area contributed by atoms with E-state index in [9.17, 15) is 19.2 Å². The lowest BCUT2D eigenvalue weighted by Gasteiger charge is -2.30. The molecule has 0 saturated carbocycles. The Balaban J connectivity index is 1.81. The second-order valence-corrected chi connectivity index (χ2v) is 19.4. The van der Waals surface area contributed by atoms with Gasteiger partial charge in [-0.15, -0.1) is 0 Å². The number of carbonyl (C=O) groups is 4. The standard InChI is InChI=1S/C30H48N4O6Si/c1-30(2,3)18-26(35)32-25-12-9-13-33(4)27(36)21-10-8-11-24(16-21)40-20-23-17-22(19-34(23)28(25)37)31-29(38)39-14-15-41(5,6)7/h8,10-11,16,22-23,25H,9,12-15,17-20H2,1-7H3,(H,31,38)(H,32,35)/t22-,23-,25-/m0/s1. The lowest BCUT2D eigenvalue weighted by Crippen LogP contribution is -2.52. The highest BCUT2D eigenvalue weighted by Gasteiger charge is 2.40. The molecule has 4 amide bonds. The van der Waals surface area contributed by atoms with Crippen LogP contribution in [0, 0.1) is 5.41 Å². The van der Waals surface area contributed by atoms with Crippen LogP contribution in [0.25, 0.3) is 0 Å². The minimum absolute atomic E-state index is 0.133. The Morgan fingerprint density at radius 2 is 1.88 bits per heavy atom. The SMILES string of the molecule is CN1CCC[C@H](NC(=O)CC(C)(C)C)C(=O)N2C[C@@H](NC(=O)OCC[Si](C)(C)C)C[C@H]2COc2cccc(c2)C1=O. The van der Waals surface area contributed by atoms with Crippen LogP contribution in [0.15, 0.2) is 24.3 Å². The van der Waals surface area contributed by atoms with Crippen molar-refractivity contribution in [2.24, 2.45) is 5.41 Å². The molecule has 1 aromatic carbocycles. The average molecular weight is 589 g/mol. The molecule has 0 spiro atoms. The van der Waals surface area contributed by atoms with Gasteiger partial charge in [0.05, 0.1) is 18.7 Å². The molecule has 2 heterocycles. The topological polar surface area (TPSA) is 117 Å². The summed E-state index contributed by atoms with van der Waals surface area (Å²) in [6, 6.07) is 6.51. The molecule has 3 rings (SSSR count).